The summed E-state index contributed by atoms with van der Waals surface area (Å²) in [6.45, 7) is 6.80. The Morgan fingerprint density at radius 3 is 2.38 bits per heavy atom. The number of aryl methyl sites for hydroxylation is 1. The zero-order chi connectivity index (χ0) is 27.6. The molecule has 7 nitrogen and oxygen atoms in total. The van der Waals surface area contributed by atoms with Gasteiger partial charge in [-0.3, -0.25) is 13.9 Å². The molecule has 10 heteroatoms. The summed E-state index contributed by atoms with van der Waals surface area (Å²) in [7, 11) is -3.68. The van der Waals surface area contributed by atoms with E-state index in [2.05, 4.69) is 5.32 Å². The first-order valence-corrected chi connectivity index (χ1v) is 15.1. The van der Waals surface area contributed by atoms with Gasteiger partial charge >= 0.3 is 0 Å². The highest BCUT2D eigenvalue weighted by atomic mass is 35.5. The van der Waals surface area contributed by atoms with E-state index in [0.717, 1.165) is 34.5 Å². The molecule has 0 bridgehead atoms. The summed E-state index contributed by atoms with van der Waals surface area (Å²) in [5.41, 5.74) is 2.25. The molecule has 0 radical (unpaired) electrons. The lowest BCUT2D eigenvalue weighted by Crippen LogP contribution is -2.49. The molecule has 1 N–H and O–H groups in total. The monoisotopic (exact) mass is 569 g/mol. The molecule has 1 unspecified atom stereocenters. The molecule has 0 aliphatic heterocycles. The third-order valence-electron chi connectivity index (χ3n) is 6.15. The number of amides is 2. The van der Waals surface area contributed by atoms with Crippen molar-refractivity contribution in [3.05, 3.63) is 63.6 Å². The summed E-state index contributed by atoms with van der Waals surface area (Å²) in [6.07, 6.45) is 3.67. The first-order chi connectivity index (χ1) is 17.5. The van der Waals surface area contributed by atoms with Crippen LogP contribution in [0.15, 0.2) is 42.5 Å². The van der Waals surface area contributed by atoms with Crippen molar-refractivity contribution in [3.8, 4) is 0 Å². The normalized spacial score (nSPS) is 12.2. The maximum Gasteiger partial charge on any atom is 0.242 e. The Hall–Kier alpha value is -2.29. The van der Waals surface area contributed by atoms with Gasteiger partial charge in [-0.05, 0) is 55.5 Å². The fourth-order valence-electron chi connectivity index (χ4n) is 4.06. The van der Waals surface area contributed by atoms with Crippen LogP contribution in [0, 0.1) is 6.92 Å². The number of carbonyl (C=O) groups is 2. The second-order valence-corrected chi connectivity index (χ2v) is 11.8. The highest BCUT2D eigenvalue weighted by Crippen LogP contribution is 2.31. The number of hydrogen-bond donors (Lipinski definition) is 1. The number of nitrogens with one attached hydrogen (secondary N) is 1. The van der Waals surface area contributed by atoms with Gasteiger partial charge in [0.2, 0.25) is 21.8 Å². The van der Waals surface area contributed by atoms with Crippen LogP contribution in [0.4, 0.5) is 5.69 Å². The van der Waals surface area contributed by atoms with Crippen molar-refractivity contribution in [3.63, 3.8) is 0 Å². The molecule has 2 amide bonds. The van der Waals surface area contributed by atoms with Gasteiger partial charge in [0.25, 0.3) is 0 Å². The number of halogens is 2. The van der Waals surface area contributed by atoms with Crippen molar-refractivity contribution in [2.24, 2.45) is 0 Å². The largest absolute Gasteiger partial charge is 0.354 e. The van der Waals surface area contributed by atoms with Gasteiger partial charge < -0.3 is 10.2 Å². The van der Waals surface area contributed by atoms with E-state index in [4.69, 9.17) is 23.2 Å². The van der Waals surface area contributed by atoms with Crippen molar-refractivity contribution in [1.29, 1.82) is 0 Å². The average molecular weight is 571 g/mol. The fourth-order valence-corrected chi connectivity index (χ4v) is 5.46. The van der Waals surface area contributed by atoms with Gasteiger partial charge in [0.05, 0.1) is 17.0 Å². The second kappa shape index (κ2) is 14.6. The number of anilines is 1. The van der Waals surface area contributed by atoms with Gasteiger partial charge in [-0.1, -0.05) is 67.7 Å². The molecule has 2 aromatic rings. The minimum atomic E-state index is -3.68. The number of hydrogen-bond acceptors (Lipinski definition) is 4. The number of carbonyl (C=O) groups excluding carboxylic acids is 2. The predicted molar refractivity (Wildman–Crippen MR) is 152 cm³/mol. The highest BCUT2D eigenvalue weighted by molar-refractivity contribution is 7.92. The van der Waals surface area contributed by atoms with Crippen molar-refractivity contribution in [2.45, 2.75) is 65.5 Å². The Kier molecular flexibility index (Phi) is 12.2. The summed E-state index contributed by atoms with van der Waals surface area (Å²) in [6, 6.07) is 11.7. The van der Waals surface area contributed by atoms with E-state index in [-0.39, 0.29) is 41.9 Å². The molecule has 37 heavy (non-hydrogen) atoms. The van der Waals surface area contributed by atoms with Crippen LogP contribution in [-0.4, -0.2) is 50.5 Å². The summed E-state index contributed by atoms with van der Waals surface area (Å²) >= 11 is 12.3. The van der Waals surface area contributed by atoms with Crippen molar-refractivity contribution in [1.82, 2.24) is 10.2 Å². The maximum atomic E-state index is 13.5. The lowest BCUT2D eigenvalue weighted by Gasteiger charge is -2.31. The molecule has 0 fully saturated rings. The lowest BCUT2D eigenvalue weighted by molar-refractivity contribution is -0.141. The molecule has 0 saturated carbocycles. The van der Waals surface area contributed by atoms with Gasteiger partial charge in [0.15, 0.2) is 0 Å². The third kappa shape index (κ3) is 9.20. The number of benzene rings is 2. The minimum absolute atomic E-state index is 0.0440. The topological polar surface area (TPSA) is 86.8 Å². The first kappa shape index (κ1) is 30.9. The van der Waals surface area contributed by atoms with E-state index >= 15 is 0 Å². The molecular formula is C27H37Cl2N3O4S. The Morgan fingerprint density at radius 2 is 1.76 bits per heavy atom. The average Bonchev–Trinajstić information content (AvgIpc) is 2.84. The molecule has 1 atom stereocenters. The Bertz CT molecular complexity index is 1170. The zero-order valence-electron chi connectivity index (χ0n) is 22.0. The molecule has 2 rings (SSSR count). The van der Waals surface area contributed by atoms with Crippen molar-refractivity contribution < 1.29 is 18.0 Å². The lowest BCUT2D eigenvalue weighted by atomic mass is 10.1. The zero-order valence-corrected chi connectivity index (χ0v) is 24.3. The number of rotatable bonds is 14. The molecule has 0 heterocycles. The van der Waals surface area contributed by atoms with Gasteiger partial charge in [0, 0.05) is 31.1 Å². The van der Waals surface area contributed by atoms with E-state index in [1.54, 1.807) is 11.0 Å². The molecule has 0 spiro atoms. The van der Waals surface area contributed by atoms with Crippen molar-refractivity contribution in [2.75, 3.05) is 23.7 Å². The van der Waals surface area contributed by atoms with Gasteiger partial charge in [-0.25, -0.2) is 8.42 Å². The smallest absolute Gasteiger partial charge is 0.242 e. The summed E-state index contributed by atoms with van der Waals surface area (Å²) in [5.74, 6) is -0.396. The summed E-state index contributed by atoms with van der Waals surface area (Å²) in [4.78, 5) is 28.1. The van der Waals surface area contributed by atoms with Crippen LogP contribution in [-0.2, 0) is 26.2 Å². The Balaban J connectivity index is 2.24. The molecular weight excluding hydrogens is 533 g/mol. The van der Waals surface area contributed by atoms with Gasteiger partial charge in [-0.15, -0.1) is 0 Å². The van der Waals surface area contributed by atoms with E-state index in [1.165, 1.54) is 12.1 Å². The Labute approximate surface area is 231 Å². The molecule has 0 aliphatic rings. The minimum Gasteiger partial charge on any atom is -0.354 e. The number of unbranched alkanes of at least 4 members (excludes halogenated alkanes) is 1. The van der Waals surface area contributed by atoms with E-state index < -0.39 is 16.1 Å². The van der Waals surface area contributed by atoms with Crippen LogP contribution in [0.25, 0.3) is 0 Å². The summed E-state index contributed by atoms with van der Waals surface area (Å²) < 4.78 is 26.2. The third-order valence-corrected chi connectivity index (χ3v) is 7.88. The quantitative estimate of drug-likeness (QED) is 0.301. The van der Waals surface area contributed by atoms with Crippen molar-refractivity contribution >= 4 is 50.7 Å². The predicted octanol–water partition coefficient (Wildman–Crippen LogP) is 5.57. The number of nitrogens with zero attached hydrogens (tertiary/aromatic N) is 2. The van der Waals surface area contributed by atoms with Crippen LogP contribution < -0.4 is 9.62 Å². The molecule has 0 saturated heterocycles. The molecule has 0 aliphatic carbocycles. The van der Waals surface area contributed by atoms with Crippen LogP contribution in [0.5, 0.6) is 0 Å². The van der Waals surface area contributed by atoms with Gasteiger partial charge in [-0.2, -0.15) is 0 Å². The first-order valence-electron chi connectivity index (χ1n) is 12.5. The maximum absolute atomic E-state index is 13.5. The highest BCUT2D eigenvalue weighted by Gasteiger charge is 2.29. The van der Waals surface area contributed by atoms with Gasteiger partial charge in [0.1, 0.15) is 6.04 Å². The SMILES string of the molecule is CCCCNC(=O)C(CC)N(Cc1ccccc1C)C(=O)CCCN(c1cc(Cl)ccc1Cl)S(C)(=O)=O. The summed E-state index contributed by atoms with van der Waals surface area (Å²) in [5, 5.41) is 3.55. The van der Waals surface area contributed by atoms with Crippen LogP contribution in [0.3, 0.4) is 0 Å². The van der Waals surface area contributed by atoms with Crippen LogP contribution in [0.1, 0.15) is 57.1 Å². The molecule has 2 aromatic carbocycles. The molecule has 204 valence electrons. The van der Waals surface area contributed by atoms with E-state index in [1.807, 2.05) is 45.0 Å². The van der Waals surface area contributed by atoms with Crippen LogP contribution >= 0.6 is 23.2 Å². The Morgan fingerprint density at radius 1 is 1.05 bits per heavy atom. The van der Waals surface area contributed by atoms with E-state index in [0.29, 0.717) is 24.5 Å². The van der Waals surface area contributed by atoms with Crippen LogP contribution in [0.2, 0.25) is 10.0 Å². The second-order valence-electron chi connectivity index (χ2n) is 9.05. The standard InChI is InChI=1S/C27H37Cl2N3O4S/c1-5-7-16-30-27(34)24(6-2)31(19-21-12-9-8-11-20(21)3)26(33)13-10-17-32(37(4,35)36)25-18-22(28)14-15-23(25)29/h8-9,11-12,14-15,18,24H,5-7,10,13,16-17,19H2,1-4H3,(H,30,34). The fraction of sp³-hybridized carbons (Fsp3) is 0.481. The van der Waals surface area contributed by atoms with E-state index in [9.17, 15) is 18.0 Å². The number of sulfonamides is 1. The molecule has 0 aromatic heterocycles.